The summed E-state index contributed by atoms with van der Waals surface area (Å²) < 4.78 is 2.44. The number of para-hydroxylation sites is 1. The van der Waals surface area contributed by atoms with Crippen LogP contribution in [0.1, 0.15) is 27.8 Å². The van der Waals surface area contributed by atoms with Gasteiger partial charge in [-0.1, -0.05) is 114 Å². The summed E-state index contributed by atoms with van der Waals surface area (Å²) in [6.07, 6.45) is 0. The van der Waals surface area contributed by atoms with Crippen LogP contribution in [0.3, 0.4) is 0 Å². The van der Waals surface area contributed by atoms with Crippen LogP contribution in [0.25, 0.3) is 38.6 Å². The molecule has 188 valence electrons. The lowest BCUT2D eigenvalue weighted by Gasteiger charge is -2.39. The van der Waals surface area contributed by atoms with E-state index in [9.17, 15) is 0 Å². The van der Waals surface area contributed by atoms with Crippen molar-refractivity contribution in [3.63, 3.8) is 0 Å². The highest BCUT2D eigenvalue weighted by molar-refractivity contribution is 7.99. The molecule has 1 nitrogen and oxygen atoms in total. The molecular weight excluding hydrogens is 502 g/mol. The van der Waals surface area contributed by atoms with Gasteiger partial charge in [-0.25, -0.2) is 0 Å². The second-order valence-corrected chi connectivity index (χ2v) is 12.1. The van der Waals surface area contributed by atoms with E-state index in [0.717, 1.165) is 0 Å². The number of rotatable bonds is 1. The Labute approximate surface area is 237 Å². The molecule has 0 N–H and O–H groups in total. The van der Waals surface area contributed by atoms with Gasteiger partial charge in [0.25, 0.3) is 0 Å². The lowest BCUT2D eigenvalue weighted by Crippen LogP contribution is -2.31. The van der Waals surface area contributed by atoms with Gasteiger partial charge in [-0.05, 0) is 76.7 Å². The molecule has 0 bridgehead atoms. The van der Waals surface area contributed by atoms with Gasteiger partial charge in [-0.3, -0.25) is 0 Å². The van der Waals surface area contributed by atoms with Crippen LogP contribution in [0.2, 0.25) is 0 Å². The lowest BCUT2D eigenvalue weighted by atomic mass is 9.67. The Bertz CT molecular complexity index is 2100. The molecule has 1 spiro atoms. The van der Waals surface area contributed by atoms with Gasteiger partial charge in [-0.15, -0.1) is 0 Å². The summed E-state index contributed by atoms with van der Waals surface area (Å²) in [5, 5.41) is 2.59. The molecule has 0 unspecified atom stereocenters. The van der Waals surface area contributed by atoms with Crippen molar-refractivity contribution in [2.75, 3.05) is 0 Å². The number of hydrogen-bond donors (Lipinski definition) is 0. The summed E-state index contributed by atoms with van der Waals surface area (Å²) in [7, 11) is 0. The predicted molar refractivity (Wildman–Crippen MR) is 167 cm³/mol. The molecule has 2 heterocycles. The van der Waals surface area contributed by atoms with Crippen molar-refractivity contribution in [2.24, 2.45) is 0 Å². The molecule has 0 saturated heterocycles. The van der Waals surface area contributed by atoms with E-state index in [-0.39, 0.29) is 5.41 Å². The molecule has 0 atom stereocenters. The number of hydrogen-bond acceptors (Lipinski definition) is 1. The number of benzene rings is 6. The standard InChI is InChI=1S/C38H25NS/c1-24-18-20-25(21-19-24)39-34-16-8-4-12-28(34)29-22-33-37(23-35(29)39)40-36-17-9-7-15-32(36)38(33)30-13-5-2-10-26(30)27-11-3-6-14-31(27)38/h2-23H,1H3. The maximum Gasteiger partial charge on any atom is 0.0735 e. The number of aromatic nitrogens is 1. The molecule has 7 aromatic rings. The fraction of sp³-hybridized carbons (Fsp3) is 0.0526. The average molecular weight is 528 g/mol. The molecule has 0 radical (unpaired) electrons. The van der Waals surface area contributed by atoms with Crippen molar-refractivity contribution < 1.29 is 0 Å². The summed E-state index contributed by atoms with van der Waals surface area (Å²) in [5.74, 6) is 0. The molecule has 2 aliphatic rings. The fourth-order valence-corrected chi connectivity index (χ4v) is 8.50. The van der Waals surface area contributed by atoms with Gasteiger partial charge in [0.2, 0.25) is 0 Å². The lowest BCUT2D eigenvalue weighted by molar-refractivity contribution is 0.724. The zero-order chi connectivity index (χ0) is 26.4. The van der Waals surface area contributed by atoms with Crippen molar-refractivity contribution in [2.45, 2.75) is 22.1 Å². The third-order valence-electron chi connectivity index (χ3n) is 8.93. The van der Waals surface area contributed by atoms with Crippen molar-refractivity contribution in [3.05, 3.63) is 161 Å². The highest BCUT2D eigenvalue weighted by atomic mass is 32.2. The molecular formula is C38H25NS. The maximum absolute atomic E-state index is 2.51. The molecule has 0 saturated carbocycles. The van der Waals surface area contributed by atoms with E-state index in [4.69, 9.17) is 0 Å². The largest absolute Gasteiger partial charge is 0.309 e. The first-order chi connectivity index (χ1) is 19.7. The van der Waals surface area contributed by atoms with E-state index < -0.39 is 0 Å². The van der Waals surface area contributed by atoms with E-state index >= 15 is 0 Å². The molecule has 6 aromatic carbocycles. The summed E-state index contributed by atoms with van der Waals surface area (Å²) in [6.45, 7) is 2.15. The Morgan fingerprint density at radius 2 is 1.12 bits per heavy atom. The van der Waals surface area contributed by atoms with Gasteiger partial charge in [0, 0.05) is 26.3 Å². The molecule has 1 aliphatic heterocycles. The Morgan fingerprint density at radius 3 is 1.88 bits per heavy atom. The molecule has 1 aliphatic carbocycles. The van der Waals surface area contributed by atoms with Crippen LogP contribution in [0.15, 0.2) is 143 Å². The summed E-state index contributed by atoms with van der Waals surface area (Å²) in [5.41, 5.74) is 12.8. The molecule has 2 heteroatoms. The first-order valence-corrected chi connectivity index (χ1v) is 14.7. The Morgan fingerprint density at radius 1 is 0.500 bits per heavy atom. The number of fused-ring (bicyclic) bond motifs is 12. The Hall–Kier alpha value is -4.53. The highest BCUT2D eigenvalue weighted by Gasteiger charge is 2.50. The predicted octanol–water partition coefficient (Wildman–Crippen LogP) is 9.92. The minimum Gasteiger partial charge on any atom is -0.309 e. The first kappa shape index (κ1) is 22.3. The van der Waals surface area contributed by atoms with E-state index in [0.29, 0.717) is 0 Å². The van der Waals surface area contributed by atoms with Gasteiger partial charge in [0.1, 0.15) is 0 Å². The second-order valence-electron chi connectivity index (χ2n) is 11.0. The van der Waals surface area contributed by atoms with Crippen LogP contribution in [0.5, 0.6) is 0 Å². The zero-order valence-electron chi connectivity index (χ0n) is 22.1. The highest BCUT2D eigenvalue weighted by Crippen LogP contribution is 2.62. The summed E-state index contributed by atoms with van der Waals surface area (Å²) in [4.78, 5) is 2.66. The quantitative estimate of drug-likeness (QED) is 0.206. The van der Waals surface area contributed by atoms with Crippen LogP contribution in [0, 0.1) is 6.92 Å². The van der Waals surface area contributed by atoms with Crippen LogP contribution >= 0.6 is 11.8 Å². The fourth-order valence-electron chi connectivity index (χ4n) is 7.29. The van der Waals surface area contributed by atoms with Gasteiger partial charge < -0.3 is 4.57 Å². The Kier molecular flexibility index (Phi) is 4.46. The van der Waals surface area contributed by atoms with Crippen LogP contribution in [0.4, 0.5) is 0 Å². The topological polar surface area (TPSA) is 4.93 Å². The van der Waals surface area contributed by atoms with Crippen molar-refractivity contribution in [1.82, 2.24) is 4.57 Å². The van der Waals surface area contributed by atoms with Crippen LogP contribution in [-0.4, -0.2) is 4.57 Å². The van der Waals surface area contributed by atoms with Crippen molar-refractivity contribution >= 4 is 33.6 Å². The third kappa shape index (κ3) is 2.74. The molecule has 40 heavy (non-hydrogen) atoms. The van der Waals surface area contributed by atoms with Gasteiger partial charge in [-0.2, -0.15) is 0 Å². The molecule has 1 aromatic heterocycles. The third-order valence-corrected chi connectivity index (χ3v) is 10.1. The maximum atomic E-state index is 2.51. The van der Waals surface area contributed by atoms with Gasteiger partial charge >= 0.3 is 0 Å². The van der Waals surface area contributed by atoms with Crippen molar-refractivity contribution in [1.29, 1.82) is 0 Å². The summed E-state index contributed by atoms with van der Waals surface area (Å²) >= 11 is 1.91. The minimum atomic E-state index is -0.356. The van der Waals surface area contributed by atoms with Crippen molar-refractivity contribution in [3.8, 4) is 16.8 Å². The van der Waals surface area contributed by atoms with Crippen LogP contribution < -0.4 is 0 Å². The first-order valence-electron chi connectivity index (χ1n) is 13.9. The molecule has 0 amide bonds. The van der Waals surface area contributed by atoms with E-state index in [1.807, 2.05) is 11.8 Å². The molecule has 9 rings (SSSR count). The van der Waals surface area contributed by atoms with Gasteiger partial charge in [0.15, 0.2) is 0 Å². The normalized spacial score (nSPS) is 14.2. The second kappa shape index (κ2) is 8.00. The SMILES string of the molecule is Cc1ccc(-n2c3ccccc3c3cc4c(cc32)Sc2ccccc2C42c3ccccc3-c3ccccc32)cc1. The summed E-state index contributed by atoms with van der Waals surface area (Å²) in [6, 6.07) is 49.8. The average Bonchev–Trinajstić information content (AvgIpc) is 3.48. The number of nitrogens with zero attached hydrogens (tertiary/aromatic N) is 1. The smallest absolute Gasteiger partial charge is 0.0735 e. The monoisotopic (exact) mass is 527 g/mol. The van der Waals surface area contributed by atoms with E-state index in [1.165, 1.54) is 76.2 Å². The van der Waals surface area contributed by atoms with Gasteiger partial charge in [0.05, 0.1) is 16.4 Å². The minimum absolute atomic E-state index is 0.356. The Balaban J connectivity index is 1.46. The molecule has 0 fully saturated rings. The number of aryl methyl sites for hydroxylation is 1. The van der Waals surface area contributed by atoms with E-state index in [1.54, 1.807) is 0 Å². The van der Waals surface area contributed by atoms with Crippen LogP contribution in [-0.2, 0) is 5.41 Å². The van der Waals surface area contributed by atoms with E-state index in [2.05, 4.69) is 145 Å². The zero-order valence-corrected chi connectivity index (χ0v) is 22.9.